The topological polar surface area (TPSA) is 34.1 Å². The molecule has 1 aromatic heterocycles. The summed E-state index contributed by atoms with van der Waals surface area (Å²) in [5, 5.41) is 3.36. The Balaban J connectivity index is 1.90. The van der Waals surface area contributed by atoms with E-state index in [1.807, 2.05) is 6.07 Å². The van der Waals surface area contributed by atoms with Crippen molar-refractivity contribution in [2.75, 3.05) is 13.1 Å². The number of piperidine rings is 1. The quantitative estimate of drug-likeness (QED) is 0.753. The van der Waals surface area contributed by atoms with E-state index in [-0.39, 0.29) is 6.10 Å². The summed E-state index contributed by atoms with van der Waals surface area (Å²) < 4.78 is 5.86. The Morgan fingerprint density at radius 1 is 1.44 bits per heavy atom. The van der Waals surface area contributed by atoms with Crippen LogP contribution in [0.3, 0.4) is 0 Å². The standard InChI is InChI=1S/C12H17BN2O/c1-9(10-4-6-14-7-5-10)16-11-2-3-12(13)15-8-11/h2-3,8-10,14H,4-7H2,1H3. The summed E-state index contributed by atoms with van der Waals surface area (Å²) in [7, 11) is 5.53. The van der Waals surface area contributed by atoms with E-state index in [0.29, 0.717) is 11.5 Å². The van der Waals surface area contributed by atoms with Crippen LogP contribution in [0.1, 0.15) is 19.8 Å². The molecule has 84 valence electrons. The lowest BCUT2D eigenvalue weighted by Gasteiger charge is -2.28. The zero-order chi connectivity index (χ0) is 11.4. The van der Waals surface area contributed by atoms with Gasteiger partial charge < -0.3 is 10.1 Å². The van der Waals surface area contributed by atoms with Gasteiger partial charge in [0, 0.05) is 0 Å². The second-order valence-electron chi connectivity index (χ2n) is 4.33. The number of hydrogen-bond acceptors (Lipinski definition) is 3. The Hall–Kier alpha value is -1.03. The van der Waals surface area contributed by atoms with E-state index in [0.717, 1.165) is 18.8 Å². The zero-order valence-electron chi connectivity index (χ0n) is 9.65. The van der Waals surface area contributed by atoms with Crippen LogP contribution in [0.4, 0.5) is 0 Å². The summed E-state index contributed by atoms with van der Waals surface area (Å²) in [4.78, 5) is 4.02. The fourth-order valence-corrected chi connectivity index (χ4v) is 2.09. The number of nitrogens with zero attached hydrogens (tertiary/aromatic N) is 1. The van der Waals surface area contributed by atoms with Crippen molar-refractivity contribution >= 4 is 13.4 Å². The van der Waals surface area contributed by atoms with Gasteiger partial charge in [-0.3, -0.25) is 4.98 Å². The second kappa shape index (κ2) is 5.35. The average Bonchev–Trinajstić information content (AvgIpc) is 2.33. The molecule has 16 heavy (non-hydrogen) atoms. The van der Waals surface area contributed by atoms with Gasteiger partial charge in [-0.15, -0.1) is 0 Å². The molecule has 1 N–H and O–H groups in total. The lowest BCUT2D eigenvalue weighted by Crippen LogP contribution is -2.35. The molecule has 1 saturated heterocycles. The number of rotatable bonds is 3. The monoisotopic (exact) mass is 216 g/mol. The third-order valence-electron chi connectivity index (χ3n) is 3.13. The lowest BCUT2D eigenvalue weighted by atomic mass is 9.93. The van der Waals surface area contributed by atoms with Gasteiger partial charge in [0.25, 0.3) is 0 Å². The predicted molar refractivity (Wildman–Crippen MR) is 65.3 cm³/mol. The van der Waals surface area contributed by atoms with Gasteiger partial charge in [0.05, 0.1) is 12.3 Å². The molecule has 1 aromatic rings. The van der Waals surface area contributed by atoms with Crippen LogP contribution in [0.5, 0.6) is 5.75 Å². The summed E-state index contributed by atoms with van der Waals surface area (Å²) in [5.74, 6) is 1.44. The molecular weight excluding hydrogens is 199 g/mol. The molecule has 1 aliphatic heterocycles. The second-order valence-corrected chi connectivity index (χ2v) is 4.33. The first-order valence-electron chi connectivity index (χ1n) is 5.84. The molecule has 1 atom stereocenters. The SMILES string of the molecule is [B]c1ccc(OC(C)C2CCNCC2)cn1. The number of ether oxygens (including phenoxy) is 1. The molecule has 0 bridgehead atoms. The van der Waals surface area contributed by atoms with Crippen molar-refractivity contribution in [3.63, 3.8) is 0 Å². The molecule has 4 heteroatoms. The molecule has 2 heterocycles. The van der Waals surface area contributed by atoms with E-state index in [4.69, 9.17) is 12.6 Å². The van der Waals surface area contributed by atoms with Crippen molar-refractivity contribution in [1.29, 1.82) is 0 Å². The largest absolute Gasteiger partial charge is 0.489 e. The maximum absolute atomic E-state index is 5.86. The fourth-order valence-electron chi connectivity index (χ4n) is 2.09. The van der Waals surface area contributed by atoms with Crippen LogP contribution in [0.2, 0.25) is 0 Å². The van der Waals surface area contributed by atoms with Crippen molar-refractivity contribution in [3.8, 4) is 5.75 Å². The fraction of sp³-hybridized carbons (Fsp3) is 0.583. The Labute approximate surface area is 98.0 Å². The van der Waals surface area contributed by atoms with E-state index < -0.39 is 0 Å². The molecule has 0 amide bonds. The maximum atomic E-state index is 5.86. The van der Waals surface area contributed by atoms with Crippen LogP contribution >= 0.6 is 0 Å². The van der Waals surface area contributed by atoms with Gasteiger partial charge in [0.2, 0.25) is 0 Å². The van der Waals surface area contributed by atoms with Crippen molar-refractivity contribution in [2.45, 2.75) is 25.9 Å². The zero-order valence-corrected chi connectivity index (χ0v) is 9.65. The number of aromatic nitrogens is 1. The van der Waals surface area contributed by atoms with Gasteiger partial charge in [0.15, 0.2) is 0 Å². The van der Waals surface area contributed by atoms with Crippen molar-refractivity contribution in [1.82, 2.24) is 10.3 Å². The highest BCUT2D eigenvalue weighted by Crippen LogP contribution is 2.20. The molecule has 1 unspecified atom stereocenters. The third kappa shape index (κ3) is 2.98. The van der Waals surface area contributed by atoms with Crippen LogP contribution in [0.25, 0.3) is 0 Å². The molecule has 0 spiro atoms. The van der Waals surface area contributed by atoms with Gasteiger partial charge in [-0.05, 0) is 56.5 Å². The predicted octanol–water partition coefficient (Wildman–Crippen LogP) is 0.642. The first-order chi connectivity index (χ1) is 7.75. The van der Waals surface area contributed by atoms with Gasteiger partial charge in [-0.1, -0.05) is 0 Å². The average molecular weight is 216 g/mol. The normalized spacial score (nSPS) is 19.3. The maximum Gasteiger partial charge on any atom is 0.141 e. The first kappa shape index (κ1) is 11.5. The Kier molecular flexibility index (Phi) is 3.83. The van der Waals surface area contributed by atoms with Crippen LogP contribution < -0.4 is 15.6 Å². The number of nitrogens with one attached hydrogen (secondary N) is 1. The highest BCUT2D eigenvalue weighted by molar-refractivity contribution is 6.30. The molecule has 0 aromatic carbocycles. The molecule has 1 aliphatic rings. The number of pyridine rings is 1. The van der Waals surface area contributed by atoms with E-state index in [2.05, 4.69) is 17.2 Å². The molecule has 2 rings (SSSR count). The van der Waals surface area contributed by atoms with Crippen molar-refractivity contribution < 1.29 is 4.74 Å². The molecule has 3 nitrogen and oxygen atoms in total. The van der Waals surface area contributed by atoms with E-state index in [1.165, 1.54) is 12.8 Å². The smallest absolute Gasteiger partial charge is 0.141 e. The number of hydrogen-bond donors (Lipinski definition) is 1. The van der Waals surface area contributed by atoms with Crippen molar-refractivity contribution in [2.24, 2.45) is 5.92 Å². The lowest BCUT2D eigenvalue weighted by molar-refractivity contribution is 0.128. The minimum atomic E-state index is 0.243. The Bertz CT molecular complexity index is 322. The minimum Gasteiger partial charge on any atom is -0.489 e. The molecule has 1 fully saturated rings. The first-order valence-corrected chi connectivity index (χ1v) is 5.84. The molecule has 0 aliphatic carbocycles. The molecule has 2 radical (unpaired) electrons. The van der Waals surface area contributed by atoms with E-state index >= 15 is 0 Å². The van der Waals surface area contributed by atoms with Gasteiger partial charge >= 0.3 is 0 Å². The van der Waals surface area contributed by atoms with Gasteiger partial charge in [-0.2, -0.15) is 0 Å². The highest BCUT2D eigenvalue weighted by Gasteiger charge is 2.21. The Morgan fingerprint density at radius 2 is 2.19 bits per heavy atom. The summed E-state index contributed by atoms with van der Waals surface area (Å²) in [6.07, 6.45) is 4.30. The van der Waals surface area contributed by atoms with E-state index in [9.17, 15) is 0 Å². The van der Waals surface area contributed by atoms with Crippen molar-refractivity contribution in [3.05, 3.63) is 18.3 Å². The molecular formula is C12H17BN2O. The van der Waals surface area contributed by atoms with Crippen LogP contribution in [-0.4, -0.2) is 32.0 Å². The van der Waals surface area contributed by atoms with Gasteiger partial charge in [-0.25, -0.2) is 0 Å². The summed E-state index contributed by atoms with van der Waals surface area (Å²) >= 11 is 0. The minimum absolute atomic E-state index is 0.243. The van der Waals surface area contributed by atoms with Crippen LogP contribution in [0.15, 0.2) is 18.3 Å². The highest BCUT2D eigenvalue weighted by atomic mass is 16.5. The summed E-state index contributed by atoms with van der Waals surface area (Å²) in [6, 6.07) is 3.64. The molecule has 0 saturated carbocycles. The van der Waals surface area contributed by atoms with Gasteiger partial charge in [0.1, 0.15) is 13.6 Å². The summed E-state index contributed by atoms with van der Waals surface area (Å²) in [5.41, 5.74) is 0.530. The van der Waals surface area contributed by atoms with E-state index in [1.54, 1.807) is 12.3 Å². The third-order valence-corrected chi connectivity index (χ3v) is 3.13. The summed E-state index contributed by atoms with van der Waals surface area (Å²) in [6.45, 7) is 4.32. The van der Waals surface area contributed by atoms with Crippen LogP contribution in [-0.2, 0) is 0 Å². The van der Waals surface area contributed by atoms with Crippen LogP contribution in [0, 0.1) is 5.92 Å². The Morgan fingerprint density at radius 3 is 2.81 bits per heavy atom.